The zero-order valence-corrected chi connectivity index (χ0v) is 13.4. The fourth-order valence-corrected chi connectivity index (χ4v) is 2.97. The lowest BCUT2D eigenvalue weighted by Crippen LogP contribution is -2.39. The van der Waals surface area contributed by atoms with Crippen LogP contribution in [0, 0.1) is 18.8 Å². The van der Waals surface area contributed by atoms with Crippen LogP contribution in [0.3, 0.4) is 0 Å². The van der Waals surface area contributed by atoms with Crippen molar-refractivity contribution < 1.29 is 14.7 Å². The average Bonchev–Trinajstić information content (AvgIpc) is 2.47. The molecule has 22 heavy (non-hydrogen) atoms. The third kappa shape index (κ3) is 4.58. The molecule has 1 saturated heterocycles. The number of aliphatic carboxylic acids is 1. The number of benzene rings is 1. The van der Waals surface area contributed by atoms with E-state index in [4.69, 9.17) is 0 Å². The third-order valence-corrected chi connectivity index (χ3v) is 4.47. The van der Waals surface area contributed by atoms with Gasteiger partial charge < -0.3 is 10.0 Å². The Balaban J connectivity index is 1.96. The first-order valence-electron chi connectivity index (χ1n) is 8.02. The Morgan fingerprint density at radius 1 is 1.32 bits per heavy atom. The SMILES string of the molecule is Cc1cccc(CC(CC(=O)N2CCC(C)CC2)C(=O)O)c1. The Labute approximate surface area is 132 Å². The number of carboxylic acids is 1. The maximum Gasteiger partial charge on any atom is 0.307 e. The van der Waals surface area contributed by atoms with Crippen molar-refractivity contribution in [3.63, 3.8) is 0 Å². The van der Waals surface area contributed by atoms with Crippen LogP contribution in [0.4, 0.5) is 0 Å². The van der Waals surface area contributed by atoms with E-state index < -0.39 is 11.9 Å². The number of carboxylic acid groups (broad SMARTS) is 1. The van der Waals surface area contributed by atoms with E-state index in [1.165, 1.54) is 0 Å². The molecule has 4 nitrogen and oxygen atoms in total. The number of amides is 1. The van der Waals surface area contributed by atoms with Crippen molar-refractivity contribution in [2.75, 3.05) is 13.1 Å². The first-order valence-corrected chi connectivity index (χ1v) is 8.02. The zero-order chi connectivity index (χ0) is 16.1. The summed E-state index contributed by atoms with van der Waals surface area (Å²) in [5.41, 5.74) is 2.09. The second-order valence-corrected chi connectivity index (χ2v) is 6.50. The number of hydrogen-bond donors (Lipinski definition) is 1. The summed E-state index contributed by atoms with van der Waals surface area (Å²) < 4.78 is 0. The van der Waals surface area contributed by atoms with E-state index in [9.17, 15) is 14.7 Å². The Morgan fingerprint density at radius 2 is 2.00 bits per heavy atom. The highest BCUT2D eigenvalue weighted by molar-refractivity contribution is 5.82. The number of carbonyl (C=O) groups is 2. The zero-order valence-electron chi connectivity index (χ0n) is 13.4. The van der Waals surface area contributed by atoms with Gasteiger partial charge in [-0.15, -0.1) is 0 Å². The van der Waals surface area contributed by atoms with Crippen LogP contribution in [-0.4, -0.2) is 35.0 Å². The molecule has 0 aliphatic carbocycles. The van der Waals surface area contributed by atoms with Gasteiger partial charge in [0, 0.05) is 19.5 Å². The Bertz CT molecular complexity index is 533. The van der Waals surface area contributed by atoms with E-state index >= 15 is 0 Å². The van der Waals surface area contributed by atoms with Crippen LogP contribution in [0.5, 0.6) is 0 Å². The van der Waals surface area contributed by atoms with E-state index in [2.05, 4.69) is 6.92 Å². The molecule has 1 unspecified atom stereocenters. The molecular formula is C18H25NO3. The average molecular weight is 303 g/mol. The molecule has 0 spiro atoms. The molecule has 120 valence electrons. The molecule has 0 aromatic heterocycles. The summed E-state index contributed by atoms with van der Waals surface area (Å²) in [6.45, 7) is 5.70. The van der Waals surface area contributed by atoms with Crippen LogP contribution in [0.2, 0.25) is 0 Å². The molecule has 1 atom stereocenters. The summed E-state index contributed by atoms with van der Waals surface area (Å²) in [7, 11) is 0. The van der Waals surface area contributed by atoms with Crippen molar-refractivity contribution in [2.45, 2.75) is 39.5 Å². The van der Waals surface area contributed by atoms with Crippen molar-refractivity contribution in [3.05, 3.63) is 35.4 Å². The molecule has 1 heterocycles. The third-order valence-electron chi connectivity index (χ3n) is 4.47. The second-order valence-electron chi connectivity index (χ2n) is 6.50. The molecule has 0 bridgehead atoms. The lowest BCUT2D eigenvalue weighted by molar-refractivity contribution is -0.146. The van der Waals surface area contributed by atoms with Crippen molar-refractivity contribution >= 4 is 11.9 Å². The molecule has 4 heteroatoms. The van der Waals surface area contributed by atoms with Crippen molar-refractivity contribution in [1.82, 2.24) is 4.90 Å². The van der Waals surface area contributed by atoms with Crippen LogP contribution in [0.1, 0.15) is 37.3 Å². The van der Waals surface area contributed by atoms with Crippen LogP contribution < -0.4 is 0 Å². The Kier molecular flexibility index (Phi) is 5.58. The monoisotopic (exact) mass is 303 g/mol. The van der Waals surface area contributed by atoms with Gasteiger partial charge in [0.2, 0.25) is 5.91 Å². The van der Waals surface area contributed by atoms with Crippen molar-refractivity contribution in [3.8, 4) is 0 Å². The largest absolute Gasteiger partial charge is 0.481 e. The van der Waals surface area contributed by atoms with Gasteiger partial charge in [0.05, 0.1) is 5.92 Å². The molecule has 0 saturated carbocycles. The van der Waals surface area contributed by atoms with Crippen molar-refractivity contribution in [1.29, 1.82) is 0 Å². The first-order chi connectivity index (χ1) is 10.5. The maximum absolute atomic E-state index is 12.3. The van der Waals surface area contributed by atoms with Crippen molar-refractivity contribution in [2.24, 2.45) is 11.8 Å². The highest BCUT2D eigenvalue weighted by atomic mass is 16.4. The summed E-state index contributed by atoms with van der Waals surface area (Å²) in [6.07, 6.45) is 2.54. The molecule has 1 aliphatic rings. The fourth-order valence-electron chi connectivity index (χ4n) is 2.97. The van der Waals surface area contributed by atoms with E-state index in [0.717, 1.165) is 37.1 Å². The summed E-state index contributed by atoms with van der Waals surface area (Å²) >= 11 is 0. The summed E-state index contributed by atoms with van der Waals surface area (Å²) in [4.78, 5) is 25.7. The molecule has 1 aliphatic heterocycles. The Morgan fingerprint density at radius 3 is 2.59 bits per heavy atom. The van der Waals surface area contributed by atoms with Crippen LogP contribution in [-0.2, 0) is 16.0 Å². The summed E-state index contributed by atoms with van der Waals surface area (Å²) in [5.74, 6) is -0.896. The number of rotatable bonds is 5. The predicted octanol–water partition coefficient (Wildman–Crippen LogP) is 2.89. The van der Waals surface area contributed by atoms with Crippen LogP contribution in [0.25, 0.3) is 0 Å². The number of hydrogen-bond acceptors (Lipinski definition) is 2. The Hall–Kier alpha value is -1.84. The maximum atomic E-state index is 12.3. The number of piperidine rings is 1. The highest BCUT2D eigenvalue weighted by Gasteiger charge is 2.26. The molecule has 1 aromatic rings. The number of nitrogens with zero attached hydrogens (tertiary/aromatic N) is 1. The van der Waals surface area contributed by atoms with E-state index in [-0.39, 0.29) is 12.3 Å². The van der Waals surface area contributed by atoms with Gasteiger partial charge in [-0.1, -0.05) is 36.8 Å². The molecule has 1 fully saturated rings. The first kappa shape index (κ1) is 16.5. The van der Waals surface area contributed by atoms with Gasteiger partial charge in [-0.25, -0.2) is 0 Å². The smallest absolute Gasteiger partial charge is 0.307 e. The number of carbonyl (C=O) groups excluding carboxylic acids is 1. The molecule has 0 radical (unpaired) electrons. The molecule has 1 N–H and O–H groups in total. The molecule has 1 amide bonds. The predicted molar refractivity (Wildman–Crippen MR) is 85.6 cm³/mol. The van der Waals surface area contributed by atoms with Crippen LogP contribution in [0.15, 0.2) is 24.3 Å². The minimum atomic E-state index is -0.889. The van der Waals surface area contributed by atoms with Gasteiger partial charge in [-0.2, -0.15) is 0 Å². The quantitative estimate of drug-likeness (QED) is 0.910. The lowest BCUT2D eigenvalue weighted by Gasteiger charge is -2.31. The number of aryl methyl sites for hydroxylation is 1. The lowest BCUT2D eigenvalue weighted by atomic mass is 9.93. The van der Waals surface area contributed by atoms with Gasteiger partial charge >= 0.3 is 5.97 Å². The molecule has 2 rings (SSSR count). The minimum absolute atomic E-state index is 0.0213. The fraction of sp³-hybridized carbons (Fsp3) is 0.556. The standard InChI is InChI=1S/C18H25NO3/c1-13-6-8-19(9-7-13)17(20)12-16(18(21)22)11-15-5-3-4-14(2)10-15/h3-5,10,13,16H,6-9,11-12H2,1-2H3,(H,21,22). The number of likely N-dealkylation sites (tertiary alicyclic amines) is 1. The topological polar surface area (TPSA) is 57.6 Å². The highest BCUT2D eigenvalue weighted by Crippen LogP contribution is 2.20. The summed E-state index contributed by atoms with van der Waals surface area (Å²) in [6, 6.07) is 7.83. The normalized spacial score (nSPS) is 17.3. The minimum Gasteiger partial charge on any atom is -0.481 e. The van der Waals surface area contributed by atoms with Gasteiger partial charge in [-0.3, -0.25) is 9.59 Å². The van der Waals surface area contributed by atoms with Crippen LogP contribution >= 0.6 is 0 Å². The van der Waals surface area contributed by atoms with Gasteiger partial charge in [0.15, 0.2) is 0 Å². The van der Waals surface area contributed by atoms with Gasteiger partial charge in [0.25, 0.3) is 0 Å². The molecule has 1 aromatic carbocycles. The second kappa shape index (κ2) is 7.43. The van der Waals surface area contributed by atoms with E-state index in [1.807, 2.05) is 36.1 Å². The van der Waals surface area contributed by atoms with E-state index in [0.29, 0.717) is 12.3 Å². The summed E-state index contributed by atoms with van der Waals surface area (Å²) in [5, 5.41) is 9.42. The van der Waals surface area contributed by atoms with Gasteiger partial charge in [0.1, 0.15) is 0 Å². The molecular weight excluding hydrogens is 278 g/mol. The van der Waals surface area contributed by atoms with E-state index in [1.54, 1.807) is 0 Å². The van der Waals surface area contributed by atoms with Gasteiger partial charge in [-0.05, 0) is 37.7 Å².